The van der Waals surface area contributed by atoms with Gasteiger partial charge >= 0.3 is 5.97 Å². The van der Waals surface area contributed by atoms with E-state index in [-0.39, 0.29) is 11.9 Å². The molecule has 0 radical (unpaired) electrons. The van der Waals surface area contributed by atoms with Gasteiger partial charge in [0.15, 0.2) is 0 Å². The molecule has 0 aliphatic heterocycles. The van der Waals surface area contributed by atoms with E-state index >= 15 is 0 Å². The number of carbonyl (C=O) groups excluding carboxylic acids is 1. The van der Waals surface area contributed by atoms with Gasteiger partial charge < -0.3 is 4.74 Å². The van der Waals surface area contributed by atoms with E-state index in [0.29, 0.717) is 11.3 Å². The van der Waals surface area contributed by atoms with Crippen LogP contribution < -0.4 is 4.74 Å². The van der Waals surface area contributed by atoms with Gasteiger partial charge in [-0.1, -0.05) is 60.7 Å². The Hall–Kier alpha value is -2.61. The quantitative estimate of drug-likeness (QED) is 0.468. The van der Waals surface area contributed by atoms with Crippen molar-refractivity contribution in [2.45, 2.75) is 12.3 Å². The molecule has 2 aromatic carbocycles. The van der Waals surface area contributed by atoms with Crippen molar-refractivity contribution in [1.29, 1.82) is 0 Å². The van der Waals surface area contributed by atoms with Gasteiger partial charge in [-0.2, -0.15) is 0 Å². The second-order valence-electron chi connectivity index (χ2n) is 4.91. The van der Waals surface area contributed by atoms with Crippen molar-refractivity contribution < 1.29 is 9.53 Å². The average molecular weight is 276 g/mol. The van der Waals surface area contributed by atoms with Crippen LogP contribution in [0.5, 0.6) is 5.75 Å². The predicted octanol–water partition coefficient (Wildman–Crippen LogP) is 4.51. The lowest BCUT2D eigenvalue weighted by Crippen LogP contribution is -2.10. The summed E-state index contributed by atoms with van der Waals surface area (Å²) < 4.78 is 5.58. The molecular formula is C19H16O2. The first-order valence-corrected chi connectivity index (χ1v) is 7.04. The average Bonchev–Trinajstić information content (AvgIpc) is 2.57. The summed E-state index contributed by atoms with van der Waals surface area (Å²) in [4.78, 5) is 12.2. The van der Waals surface area contributed by atoms with Gasteiger partial charge in [-0.15, -0.1) is 0 Å². The van der Waals surface area contributed by atoms with Crippen LogP contribution in [0, 0.1) is 0 Å². The number of hydrogen-bond donors (Lipinski definition) is 0. The van der Waals surface area contributed by atoms with Gasteiger partial charge in [0, 0.05) is 11.5 Å². The standard InChI is InChI=1S/C19H16O2/c20-19(16-11-5-2-6-12-16)21-18-14-8-7-13-17(18)15-9-3-1-4-10-15/h2-15H,1H2. The Morgan fingerprint density at radius 1 is 0.905 bits per heavy atom. The maximum absolute atomic E-state index is 12.2. The summed E-state index contributed by atoms with van der Waals surface area (Å²) in [7, 11) is 0. The molecule has 0 atom stereocenters. The zero-order chi connectivity index (χ0) is 14.5. The molecule has 0 N–H and O–H groups in total. The number of ether oxygens (including phenoxy) is 1. The molecule has 0 unspecified atom stereocenters. The minimum absolute atomic E-state index is 0.165. The summed E-state index contributed by atoms with van der Waals surface area (Å²) in [6.07, 6.45) is 9.48. The SMILES string of the molecule is O=C(Oc1ccccc1C1C=CCC=C1)c1ccccc1. The van der Waals surface area contributed by atoms with E-state index in [1.807, 2.05) is 42.5 Å². The monoisotopic (exact) mass is 276 g/mol. The zero-order valence-corrected chi connectivity index (χ0v) is 11.6. The third kappa shape index (κ3) is 3.11. The molecule has 2 aromatic rings. The Morgan fingerprint density at radius 2 is 1.57 bits per heavy atom. The van der Waals surface area contributed by atoms with Crippen molar-refractivity contribution in [3.8, 4) is 5.75 Å². The second kappa shape index (κ2) is 6.23. The number of rotatable bonds is 3. The second-order valence-corrected chi connectivity index (χ2v) is 4.91. The van der Waals surface area contributed by atoms with Crippen LogP contribution in [0.4, 0.5) is 0 Å². The number of carbonyl (C=O) groups is 1. The molecule has 0 spiro atoms. The number of esters is 1. The molecule has 0 bridgehead atoms. The maximum Gasteiger partial charge on any atom is 0.343 e. The highest BCUT2D eigenvalue weighted by Gasteiger charge is 2.15. The fourth-order valence-corrected chi connectivity index (χ4v) is 2.38. The molecule has 3 rings (SSSR count). The molecule has 21 heavy (non-hydrogen) atoms. The Balaban J connectivity index is 1.86. The molecular weight excluding hydrogens is 260 g/mol. The summed E-state index contributed by atoms with van der Waals surface area (Å²) in [5, 5.41) is 0. The van der Waals surface area contributed by atoms with Crippen LogP contribution in [0.2, 0.25) is 0 Å². The van der Waals surface area contributed by atoms with E-state index in [1.165, 1.54) is 0 Å². The van der Waals surface area contributed by atoms with Crippen LogP contribution in [-0.2, 0) is 0 Å². The first kappa shape index (κ1) is 13.4. The van der Waals surface area contributed by atoms with Gasteiger partial charge in [-0.05, 0) is 24.6 Å². The molecule has 104 valence electrons. The Labute approximate surface area is 124 Å². The van der Waals surface area contributed by atoms with Crippen molar-refractivity contribution in [2.24, 2.45) is 0 Å². The molecule has 1 aliphatic carbocycles. The van der Waals surface area contributed by atoms with Crippen molar-refractivity contribution >= 4 is 5.97 Å². The van der Waals surface area contributed by atoms with Gasteiger partial charge in [-0.25, -0.2) is 4.79 Å². The first-order chi connectivity index (χ1) is 10.3. The fourth-order valence-electron chi connectivity index (χ4n) is 2.38. The molecule has 0 fully saturated rings. The molecule has 1 aliphatic rings. The third-order valence-electron chi connectivity index (χ3n) is 3.45. The fraction of sp³-hybridized carbons (Fsp3) is 0.105. The van der Waals surface area contributed by atoms with E-state index in [4.69, 9.17) is 4.74 Å². The Morgan fingerprint density at radius 3 is 2.33 bits per heavy atom. The van der Waals surface area contributed by atoms with E-state index in [0.717, 1.165) is 12.0 Å². The highest BCUT2D eigenvalue weighted by atomic mass is 16.5. The Bertz CT molecular complexity index is 672. The molecule has 2 nitrogen and oxygen atoms in total. The highest BCUT2D eigenvalue weighted by Crippen LogP contribution is 2.31. The first-order valence-electron chi connectivity index (χ1n) is 7.04. The molecule has 0 saturated heterocycles. The summed E-state index contributed by atoms with van der Waals surface area (Å²) >= 11 is 0. The van der Waals surface area contributed by atoms with Crippen LogP contribution in [0.25, 0.3) is 0 Å². The predicted molar refractivity (Wildman–Crippen MR) is 83.5 cm³/mol. The maximum atomic E-state index is 12.2. The highest BCUT2D eigenvalue weighted by molar-refractivity contribution is 5.91. The summed E-state index contributed by atoms with van der Waals surface area (Å²) in [5.74, 6) is 0.456. The number of hydrogen-bond acceptors (Lipinski definition) is 2. The van der Waals surface area contributed by atoms with Gasteiger partial charge in [0.2, 0.25) is 0 Å². The molecule has 0 aromatic heterocycles. The van der Waals surface area contributed by atoms with Gasteiger partial charge in [0.25, 0.3) is 0 Å². The largest absolute Gasteiger partial charge is 0.423 e. The van der Waals surface area contributed by atoms with E-state index in [9.17, 15) is 4.79 Å². The molecule has 0 saturated carbocycles. The van der Waals surface area contributed by atoms with E-state index in [1.54, 1.807) is 12.1 Å². The lowest BCUT2D eigenvalue weighted by molar-refractivity contribution is 0.0733. The minimum atomic E-state index is -0.327. The topological polar surface area (TPSA) is 26.3 Å². The van der Waals surface area contributed by atoms with Crippen molar-refractivity contribution in [2.75, 3.05) is 0 Å². The summed E-state index contributed by atoms with van der Waals surface area (Å²) in [6.45, 7) is 0. The summed E-state index contributed by atoms with van der Waals surface area (Å²) in [5.41, 5.74) is 1.57. The minimum Gasteiger partial charge on any atom is -0.423 e. The van der Waals surface area contributed by atoms with Gasteiger partial charge in [-0.3, -0.25) is 0 Å². The van der Waals surface area contributed by atoms with Crippen LogP contribution in [0.3, 0.4) is 0 Å². The lowest BCUT2D eigenvalue weighted by atomic mass is 9.94. The Kier molecular flexibility index (Phi) is 3.97. The number of benzene rings is 2. The number of para-hydroxylation sites is 1. The molecule has 2 heteroatoms. The zero-order valence-electron chi connectivity index (χ0n) is 11.6. The van der Waals surface area contributed by atoms with Crippen molar-refractivity contribution in [3.05, 3.63) is 90.0 Å². The van der Waals surface area contributed by atoms with Gasteiger partial charge in [0.05, 0.1) is 5.56 Å². The molecule has 0 amide bonds. The normalized spacial score (nSPS) is 14.1. The van der Waals surface area contributed by atoms with Crippen molar-refractivity contribution in [1.82, 2.24) is 0 Å². The summed E-state index contributed by atoms with van der Waals surface area (Å²) in [6, 6.07) is 16.7. The lowest BCUT2D eigenvalue weighted by Gasteiger charge is -2.16. The van der Waals surface area contributed by atoms with E-state index in [2.05, 4.69) is 24.3 Å². The van der Waals surface area contributed by atoms with Crippen LogP contribution in [-0.4, -0.2) is 5.97 Å². The van der Waals surface area contributed by atoms with Crippen LogP contribution in [0.1, 0.15) is 28.3 Å². The molecule has 0 heterocycles. The van der Waals surface area contributed by atoms with Crippen LogP contribution in [0.15, 0.2) is 78.9 Å². The van der Waals surface area contributed by atoms with Crippen LogP contribution >= 0.6 is 0 Å². The smallest absolute Gasteiger partial charge is 0.343 e. The van der Waals surface area contributed by atoms with Crippen molar-refractivity contribution in [3.63, 3.8) is 0 Å². The van der Waals surface area contributed by atoms with Gasteiger partial charge in [0.1, 0.15) is 5.75 Å². The number of allylic oxidation sites excluding steroid dienone is 4. The van der Waals surface area contributed by atoms with E-state index < -0.39 is 0 Å². The third-order valence-corrected chi connectivity index (χ3v) is 3.45.